The number of aromatic nitrogens is 1. The van der Waals surface area contributed by atoms with Crippen molar-refractivity contribution in [2.45, 2.75) is 42.9 Å². The molecule has 1 aliphatic carbocycles. The smallest absolute Gasteiger partial charge is 0.356 e. The van der Waals surface area contributed by atoms with E-state index >= 15 is 0 Å². The van der Waals surface area contributed by atoms with Crippen LogP contribution in [-0.4, -0.2) is 28.2 Å². The summed E-state index contributed by atoms with van der Waals surface area (Å²) in [7, 11) is 1.26. The second kappa shape index (κ2) is 6.89. The fraction of sp³-hybridized carbons (Fsp3) is 0.571. The second-order valence-corrected chi connectivity index (χ2v) is 6.57. The van der Waals surface area contributed by atoms with Crippen molar-refractivity contribution in [3.8, 4) is 0 Å². The summed E-state index contributed by atoms with van der Waals surface area (Å²) >= 11 is 1.40. The molecule has 1 saturated carbocycles. The molecule has 114 valence electrons. The number of hydrogen-bond acceptors (Lipinski definition) is 6. The van der Waals surface area contributed by atoms with Gasteiger partial charge in [-0.3, -0.25) is 10.1 Å². The van der Waals surface area contributed by atoms with Gasteiger partial charge < -0.3 is 4.74 Å². The lowest BCUT2D eigenvalue weighted by atomic mass is 9.91. The molecule has 21 heavy (non-hydrogen) atoms. The minimum absolute atomic E-state index is 0.0501. The van der Waals surface area contributed by atoms with Crippen LogP contribution in [0.15, 0.2) is 17.2 Å². The van der Waals surface area contributed by atoms with Crippen LogP contribution in [0, 0.1) is 16.0 Å². The first-order valence-electron chi connectivity index (χ1n) is 6.91. The molecule has 1 aromatic rings. The van der Waals surface area contributed by atoms with Crippen LogP contribution in [0.25, 0.3) is 0 Å². The average Bonchev–Trinajstić information content (AvgIpc) is 2.46. The highest BCUT2D eigenvalue weighted by atomic mass is 32.2. The highest BCUT2D eigenvalue weighted by molar-refractivity contribution is 8.00. The Balaban J connectivity index is 2.25. The van der Waals surface area contributed by atoms with Crippen molar-refractivity contribution in [1.29, 1.82) is 0 Å². The summed E-state index contributed by atoms with van der Waals surface area (Å²) in [6.07, 6.45) is 4.38. The van der Waals surface area contributed by atoms with Crippen molar-refractivity contribution >= 4 is 23.4 Å². The molecule has 7 heteroatoms. The number of carbonyl (C=O) groups is 1. The highest BCUT2D eigenvalue weighted by Crippen LogP contribution is 2.38. The number of nitrogens with zero attached hydrogens (tertiary/aromatic N) is 2. The minimum Gasteiger partial charge on any atom is -0.464 e. The van der Waals surface area contributed by atoms with Crippen LogP contribution >= 0.6 is 11.8 Å². The molecule has 0 aliphatic heterocycles. The molecule has 1 fully saturated rings. The molecule has 0 radical (unpaired) electrons. The maximum Gasteiger partial charge on any atom is 0.356 e. The number of nitro groups is 1. The second-order valence-electron chi connectivity index (χ2n) is 5.28. The lowest BCUT2D eigenvalue weighted by Crippen LogP contribution is -2.16. The van der Waals surface area contributed by atoms with Crippen LogP contribution in [0.3, 0.4) is 0 Å². The Morgan fingerprint density at radius 1 is 1.48 bits per heavy atom. The molecule has 0 bridgehead atoms. The van der Waals surface area contributed by atoms with Crippen molar-refractivity contribution in [3.05, 3.63) is 27.9 Å². The molecule has 1 heterocycles. The Labute approximate surface area is 127 Å². The fourth-order valence-electron chi connectivity index (χ4n) is 2.52. The van der Waals surface area contributed by atoms with Gasteiger partial charge in [0.1, 0.15) is 5.69 Å². The van der Waals surface area contributed by atoms with Gasteiger partial charge in [0.05, 0.1) is 12.0 Å². The highest BCUT2D eigenvalue weighted by Gasteiger charge is 2.25. The third kappa shape index (κ3) is 3.93. The number of hydrogen-bond donors (Lipinski definition) is 0. The number of thioether (sulfide) groups is 1. The van der Waals surface area contributed by atoms with E-state index in [4.69, 9.17) is 0 Å². The molecular weight excluding hydrogens is 292 g/mol. The lowest BCUT2D eigenvalue weighted by molar-refractivity contribution is -0.388. The standard InChI is InChI=1S/C14H18N2O4S/c1-9-4-3-5-10(8-9)21-13-12(16(18)19)7-6-11(15-13)14(17)20-2/h6-7,9-10H,3-5,8H2,1-2H3. The Bertz CT molecular complexity index is 550. The van der Waals surface area contributed by atoms with Gasteiger partial charge in [-0.05, 0) is 24.8 Å². The summed E-state index contributed by atoms with van der Waals surface area (Å²) in [5.41, 5.74) is 0.0559. The van der Waals surface area contributed by atoms with Crippen molar-refractivity contribution in [1.82, 2.24) is 4.98 Å². The van der Waals surface area contributed by atoms with Crippen LogP contribution in [0.2, 0.25) is 0 Å². The van der Waals surface area contributed by atoms with Crippen molar-refractivity contribution in [2.24, 2.45) is 5.92 Å². The minimum atomic E-state index is -0.580. The van der Waals surface area contributed by atoms with E-state index in [0.717, 1.165) is 19.3 Å². The number of carbonyl (C=O) groups excluding carboxylic acids is 1. The van der Waals surface area contributed by atoms with Crippen LogP contribution in [0.1, 0.15) is 43.1 Å². The van der Waals surface area contributed by atoms with E-state index < -0.39 is 10.9 Å². The number of esters is 1. The molecule has 0 spiro atoms. The van der Waals surface area contributed by atoms with E-state index in [1.54, 1.807) is 0 Å². The fourth-order valence-corrected chi connectivity index (χ4v) is 3.96. The zero-order valence-corrected chi connectivity index (χ0v) is 12.9. The molecule has 0 amide bonds. The first-order valence-corrected chi connectivity index (χ1v) is 7.79. The van der Waals surface area contributed by atoms with Gasteiger partial charge in [-0.15, -0.1) is 0 Å². The molecule has 0 aromatic carbocycles. The van der Waals surface area contributed by atoms with Gasteiger partial charge in [-0.1, -0.05) is 31.5 Å². The van der Waals surface area contributed by atoms with E-state index in [9.17, 15) is 14.9 Å². The van der Waals surface area contributed by atoms with Crippen molar-refractivity contribution < 1.29 is 14.5 Å². The summed E-state index contributed by atoms with van der Waals surface area (Å²) in [6.45, 7) is 2.19. The number of ether oxygens (including phenoxy) is 1. The molecule has 0 N–H and O–H groups in total. The molecule has 1 aliphatic rings. The monoisotopic (exact) mass is 310 g/mol. The summed E-state index contributed by atoms with van der Waals surface area (Å²) < 4.78 is 4.62. The zero-order valence-electron chi connectivity index (χ0n) is 12.1. The van der Waals surface area contributed by atoms with E-state index in [1.165, 1.54) is 37.4 Å². The summed E-state index contributed by atoms with van der Waals surface area (Å²) in [6, 6.07) is 2.66. The first-order chi connectivity index (χ1) is 10.0. The quantitative estimate of drug-likeness (QED) is 0.481. The molecule has 0 saturated heterocycles. The molecule has 6 nitrogen and oxygen atoms in total. The van der Waals surface area contributed by atoms with E-state index in [-0.39, 0.29) is 11.4 Å². The zero-order chi connectivity index (χ0) is 15.4. The summed E-state index contributed by atoms with van der Waals surface area (Å²) in [5, 5.41) is 11.7. The van der Waals surface area contributed by atoms with Gasteiger partial charge in [0.15, 0.2) is 5.03 Å². The largest absolute Gasteiger partial charge is 0.464 e. The van der Waals surface area contributed by atoms with Crippen LogP contribution in [0.4, 0.5) is 5.69 Å². The van der Waals surface area contributed by atoms with Crippen LogP contribution < -0.4 is 0 Å². The Morgan fingerprint density at radius 3 is 2.86 bits per heavy atom. The predicted molar refractivity (Wildman–Crippen MR) is 79.5 cm³/mol. The van der Waals surface area contributed by atoms with E-state index in [1.807, 2.05) is 0 Å². The Morgan fingerprint density at radius 2 is 2.24 bits per heavy atom. The molecule has 2 unspecified atom stereocenters. The predicted octanol–water partition coefficient (Wildman–Crippen LogP) is 3.45. The number of rotatable bonds is 4. The topological polar surface area (TPSA) is 82.3 Å². The van der Waals surface area contributed by atoms with Crippen LogP contribution in [0.5, 0.6) is 0 Å². The van der Waals surface area contributed by atoms with Crippen LogP contribution in [-0.2, 0) is 4.74 Å². The molecule has 1 aromatic heterocycles. The normalized spacial score (nSPS) is 21.8. The first kappa shape index (κ1) is 15.8. The Hall–Kier alpha value is -1.63. The van der Waals surface area contributed by atoms with Gasteiger partial charge in [0.2, 0.25) is 0 Å². The lowest BCUT2D eigenvalue weighted by Gasteiger charge is -2.25. The SMILES string of the molecule is COC(=O)c1ccc([N+](=O)[O-])c(SC2CCCC(C)C2)n1. The van der Waals surface area contributed by atoms with Crippen molar-refractivity contribution in [2.75, 3.05) is 7.11 Å². The molecule has 2 rings (SSSR count). The van der Waals surface area contributed by atoms with Gasteiger partial charge in [-0.25, -0.2) is 9.78 Å². The van der Waals surface area contributed by atoms with Gasteiger partial charge >= 0.3 is 11.7 Å². The Kier molecular flexibility index (Phi) is 5.17. The van der Waals surface area contributed by atoms with Gasteiger partial charge in [0.25, 0.3) is 0 Å². The molecular formula is C14H18N2O4S. The number of pyridine rings is 1. The summed E-state index contributed by atoms with van der Waals surface area (Å²) in [4.78, 5) is 26.3. The maximum atomic E-state index is 11.5. The summed E-state index contributed by atoms with van der Waals surface area (Å²) in [5.74, 6) is 0.0443. The van der Waals surface area contributed by atoms with E-state index in [0.29, 0.717) is 16.2 Å². The average molecular weight is 310 g/mol. The number of methoxy groups -OCH3 is 1. The van der Waals surface area contributed by atoms with Crippen molar-refractivity contribution in [3.63, 3.8) is 0 Å². The van der Waals surface area contributed by atoms with Gasteiger partial charge in [0, 0.05) is 11.3 Å². The van der Waals surface area contributed by atoms with Gasteiger partial charge in [-0.2, -0.15) is 0 Å². The third-order valence-corrected chi connectivity index (χ3v) is 4.88. The third-order valence-electron chi connectivity index (χ3n) is 3.60. The molecule has 2 atom stereocenters. The van der Waals surface area contributed by atoms with E-state index in [2.05, 4.69) is 16.6 Å². The maximum absolute atomic E-state index is 11.5.